The molecule has 6 nitrogen and oxygen atoms in total. The Balaban J connectivity index is 2.03. The van der Waals surface area contributed by atoms with Crippen LogP contribution in [-0.2, 0) is 0 Å². The number of urea groups is 1. The van der Waals surface area contributed by atoms with Gasteiger partial charge in [0.05, 0.1) is 6.04 Å². The van der Waals surface area contributed by atoms with Gasteiger partial charge >= 0.3 is 6.03 Å². The molecule has 2 amide bonds. The quantitative estimate of drug-likeness (QED) is 0.876. The molecular formula is C17H31N5O. The van der Waals surface area contributed by atoms with Crippen molar-refractivity contribution in [3.63, 3.8) is 0 Å². The molecule has 1 aliphatic heterocycles. The van der Waals surface area contributed by atoms with Crippen molar-refractivity contribution >= 4 is 6.03 Å². The molecule has 130 valence electrons. The van der Waals surface area contributed by atoms with Gasteiger partial charge in [0.25, 0.3) is 0 Å². The summed E-state index contributed by atoms with van der Waals surface area (Å²) in [6.45, 7) is 8.19. The number of likely N-dealkylation sites (tertiary alicyclic amines) is 1. The van der Waals surface area contributed by atoms with Crippen LogP contribution in [0.25, 0.3) is 0 Å². The molecule has 0 spiro atoms. The number of nitrogens with zero attached hydrogens (tertiary/aromatic N) is 3. The fourth-order valence-corrected chi connectivity index (χ4v) is 3.33. The molecule has 1 aliphatic rings. The summed E-state index contributed by atoms with van der Waals surface area (Å²) in [6.07, 6.45) is 6.74. The molecule has 2 N–H and O–H groups in total. The van der Waals surface area contributed by atoms with Crippen LogP contribution in [0.1, 0.15) is 51.9 Å². The van der Waals surface area contributed by atoms with Crippen LogP contribution in [0.3, 0.4) is 0 Å². The van der Waals surface area contributed by atoms with Crippen LogP contribution in [0.5, 0.6) is 0 Å². The van der Waals surface area contributed by atoms with Gasteiger partial charge in [-0.15, -0.1) is 0 Å². The monoisotopic (exact) mass is 321 g/mol. The molecule has 2 atom stereocenters. The van der Waals surface area contributed by atoms with Gasteiger partial charge < -0.3 is 20.1 Å². The molecule has 6 heteroatoms. The zero-order valence-electron chi connectivity index (χ0n) is 15.1. The molecule has 0 unspecified atom stereocenters. The van der Waals surface area contributed by atoms with E-state index in [4.69, 9.17) is 0 Å². The molecule has 2 heterocycles. The van der Waals surface area contributed by atoms with E-state index in [1.165, 1.54) is 0 Å². The van der Waals surface area contributed by atoms with Crippen LogP contribution < -0.4 is 5.32 Å². The van der Waals surface area contributed by atoms with Gasteiger partial charge in [-0.3, -0.25) is 0 Å². The lowest BCUT2D eigenvalue weighted by molar-refractivity contribution is 0.129. The van der Waals surface area contributed by atoms with Crippen LogP contribution in [-0.4, -0.2) is 59.0 Å². The van der Waals surface area contributed by atoms with Crippen molar-refractivity contribution in [2.45, 2.75) is 52.1 Å². The van der Waals surface area contributed by atoms with Gasteiger partial charge in [-0.05, 0) is 45.7 Å². The number of rotatable bonds is 5. The summed E-state index contributed by atoms with van der Waals surface area (Å²) in [5.74, 6) is 0.889. The van der Waals surface area contributed by atoms with Gasteiger partial charge in [0.2, 0.25) is 0 Å². The van der Waals surface area contributed by atoms with Crippen molar-refractivity contribution in [3.8, 4) is 0 Å². The number of hydrogen-bond donors (Lipinski definition) is 2. The predicted octanol–water partition coefficient (Wildman–Crippen LogP) is 2.62. The molecule has 1 aromatic rings. The van der Waals surface area contributed by atoms with Crippen molar-refractivity contribution in [1.82, 2.24) is 25.1 Å². The average molecular weight is 321 g/mol. The van der Waals surface area contributed by atoms with E-state index in [1.807, 2.05) is 11.1 Å². The zero-order chi connectivity index (χ0) is 17.0. The summed E-state index contributed by atoms with van der Waals surface area (Å²) in [5.41, 5.74) is 0.00905. The van der Waals surface area contributed by atoms with E-state index in [1.54, 1.807) is 6.20 Å². The highest BCUT2D eigenvalue weighted by molar-refractivity contribution is 5.75. The van der Waals surface area contributed by atoms with Gasteiger partial charge in [-0.2, -0.15) is 0 Å². The van der Waals surface area contributed by atoms with Crippen LogP contribution in [0.4, 0.5) is 4.79 Å². The van der Waals surface area contributed by atoms with Gasteiger partial charge in [0.1, 0.15) is 5.82 Å². The fraction of sp³-hybridized carbons (Fsp3) is 0.765. The Morgan fingerprint density at radius 2 is 2.26 bits per heavy atom. The van der Waals surface area contributed by atoms with E-state index < -0.39 is 0 Å². The third kappa shape index (κ3) is 4.47. The summed E-state index contributed by atoms with van der Waals surface area (Å²) < 4.78 is 0. The van der Waals surface area contributed by atoms with Gasteiger partial charge in [0, 0.05) is 31.5 Å². The molecule has 1 fully saturated rings. The Morgan fingerprint density at radius 3 is 2.87 bits per heavy atom. The minimum atomic E-state index is 0.00905. The van der Waals surface area contributed by atoms with Crippen LogP contribution >= 0.6 is 0 Å². The Bertz CT molecular complexity index is 497. The summed E-state index contributed by atoms with van der Waals surface area (Å²) in [6, 6.07) is 0.171. The van der Waals surface area contributed by atoms with Gasteiger partial charge in [-0.25, -0.2) is 9.78 Å². The number of carbonyl (C=O) groups excluding carboxylic acids is 1. The van der Waals surface area contributed by atoms with Gasteiger partial charge in [0.15, 0.2) is 0 Å². The highest BCUT2D eigenvalue weighted by Gasteiger charge is 2.33. The summed E-state index contributed by atoms with van der Waals surface area (Å²) in [4.78, 5) is 24.4. The number of imidazole rings is 1. The molecule has 0 aliphatic carbocycles. The number of H-pyrrole nitrogens is 1. The first-order chi connectivity index (χ1) is 10.8. The van der Waals surface area contributed by atoms with E-state index in [0.717, 1.165) is 38.2 Å². The van der Waals surface area contributed by atoms with E-state index in [9.17, 15) is 4.79 Å². The minimum Gasteiger partial charge on any atom is -0.347 e. The van der Waals surface area contributed by atoms with Gasteiger partial charge in [-0.1, -0.05) is 13.8 Å². The first kappa shape index (κ1) is 17.8. The van der Waals surface area contributed by atoms with Crippen LogP contribution in [0.15, 0.2) is 12.4 Å². The maximum Gasteiger partial charge on any atom is 0.318 e. The van der Waals surface area contributed by atoms with Crippen LogP contribution in [0, 0.1) is 5.41 Å². The summed E-state index contributed by atoms with van der Waals surface area (Å²) >= 11 is 0. The second kappa shape index (κ2) is 7.34. The second-order valence-electron chi connectivity index (χ2n) is 7.58. The zero-order valence-corrected chi connectivity index (χ0v) is 15.1. The number of aromatic amines is 1. The summed E-state index contributed by atoms with van der Waals surface area (Å²) in [7, 11) is 4.13. The lowest BCUT2D eigenvalue weighted by atomic mass is 9.85. The molecule has 1 saturated heterocycles. The number of piperidine rings is 1. The number of hydrogen-bond acceptors (Lipinski definition) is 3. The SMILES string of the molecule is C[C@H](NC(=O)N1CCCC[C@H]1c1ncc[nH]1)C(C)(C)CN(C)C. The highest BCUT2D eigenvalue weighted by atomic mass is 16.2. The first-order valence-corrected chi connectivity index (χ1v) is 8.52. The molecule has 0 bridgehead atoms. The van der Waals surface area contributed by atoms with E-state index in [0.29, 0.717) is 0 Å². The highest BCUT2D eigenvalue weighted by Crippen LogP contribution is 2.29. The second-order valence-corrected chi connectivity index (χ2v) is 7.58. The Hall–Kier alpha value is -1.56. The number of aromatic nitrogens is 2. The number of carbonyl (C=O) groups is 1. The topological polar surface area (TPSA) is 64.3 Å². The first-order valence-electron chi connectivity index (χ1n) is 8.52. The lowest BCUT2D eigenvalue weighted by Gasteiger charge is -2.39. The molecule has 0 saturated carbocycles. The van der Waals surface area contributed by atoms with Crippen molar-refractivity contribution in [2.24, 2.45) is 5.41 Å². The standard InChI is InChI=1S/C17H31N5O/c1-13(17(2,3)12-21(4)5)20-16(23)22-11-7-6-8-14(22)15-18-9-10-19-15/h9-10,13-14H,6-8,11-12H2,1-5H3,(H,18,19)(H,20,23)/t13-,14-/m0/s1. The maximum absolute atomic E-state index is 12.8. The van der Waals surface area contributed by atoms with Crippen molar-refractivity contribution < 1.29 is 4.79 Å². The van der Waals surface area contributed by atoms with E-state index in [2.05, 4.69) is 55.1 Å². The largest absolute Gasteiger partial charge is 0.347 e. The maximum atomic E-state index is 12.8. The average Bonchev–Trinajstić information content (AvgIpc) is 2.99. The number of amides is 2. The van der Waals surface area contributed by atoms with Crippen molar-refractivity contribution in [1.29, 1.82) is 0 Å². The van der Waals surface area contributed by atoms with Crippen molar-refractivity contribution in [3.05, 3.63) is 18.2 Å². The molecule has 23 heavy (non-hydrogen) atoms. The molecule has 0 radical (unpaired) electrons. The number of nitrogens with one attached hydrogen (secondary N) is 2. The molecule has 0 aromatic carbocycles. The molecule has 1 aromatic heterocycles. The molecular weight excluding hydrogens is 290 g/mol. The Morgan fingerprint density at radius 1 is 1.52 bits per heavy atom. The molecule has 2 rings (SSSR count). The van der Waals surface area contributed by atoms with E-state index >= 15 is 0 Å². The third-order valence-corrected chi connectivity index (χ3v) is 4.83. The van der Waals surface area contributed by atoms with Crippen LogP contribution in [0.2, 0.25) is 0 Å². The van der Waals surface area contributed by atoms with Crippen molar-refractivity contribution in [2.75, 3.05) is 27.2 Å². The Kier molecular flexibility index (Phi) is 5.68. The predicted molar refractivity (Wildman–Crippen MR) is 92.2 cm³/mol. The lowest BCUT2D eigenvalue weighted by Crippen LogP contribution is -2.53. The summed E-state index contributed by atoms with van der Waals surface area (Å²) in [5, 5.41) is 3.21. The Labute approximate surface area is 139 Å². The third-order valence-electron chi connectivity index (χ3n) is 4.83. The smallest absolute Gasteiger partial charge is 0.318 e. The minimum absolute atomic E-state index is 0.00905. The normalized spacial score (nSPS) is 20.6. The fourth-order valence-electron chi connectivity index (χ4n) is 3.33. The van der Waals surface area contributed by atoms with E-state index in [-0.39, 0.29) is 23.5 Å².